The molecule has 3 aromatic rings. The molecule has 0 spiro atoms. The van der Waals surface area contributed by atoms with E-state index in [1.165, 1.54) is 4.90 Å². The maximum absolute atomic E-state index is 10.9. The molecule has 1 aliphatic rings. The minimum absolute atomic E-state index is 0.271. The second-order valence-corrected chi connectivity index (χ2v) is 8.05. The van der Waals surface area contributed by atoms with Crippen LogP contribution in [-0.2, 0) is 15.5 Å². The van der Waals surface area contributed by atoms with E-state index in [1.54, 1.807) is 42.9 Å². The monoisotopic (exact) mass is 457 g/mol. The molecule has 4 rings (SSSR count). The topological polar surface area (TPSA) is 157 Å². The van der Waals surface area contributed by atoms with E-state index in [9.17, 15) is 4.57 Å². The van der Waals surface area contributed by atoms with Crippen LogP contribution in [0.5, 0.6) is 11.8 Å². The number of allylic oxidation sites excluding steroid dienone is 2. The Kier molecular flexibility index (Phi) is 6.45. The zero-order valence-corrected chi connectivity index (χ0v) is 17.6. The lowest BCUT2D eigenvalue weighted by molar-refractivity contribution is 0.110. The van der Waals surface area contributed by atoms with Gasteiger partial charge in [0, 0.05) is 36.7 Å². The van der Waals surface area contributed by atoms with Crippen molar-refractivity contribution in [3.63, 3.8) is 0 Å². The summed E-state index contributed by atoms with van der Waals surface area (Å²) in [4.78, 5) is 27.3. The minimum Gasteiger partial charge on any atom is -0.424 e. The number of benzene rings is 1. The summed E-state index contributed by atoms with van der Waals surface area (Å²) in [7, 11) is -4.61. The van der Waals surface area contributed by atoms with Gasteiger partial charge >= 0.3 is 13.8 Å². The average molecular weight is 457 g/mol. The van der Waals surface area contributed by atoms with Crippen molar-refractivity contribution in [2.75, 3.05) is 6.73 Å². The van der Waals surface area contributed by atoms with E-state index in [2.05, 4.69) is 19.6 Å². The number of hydrogen-bond acceptors (Lipinski definition) is 9. The number of nitrogens with zero attached hydrogens (tertiary/aromatic N) is 4. The Labute approximate surface area is 183 Å². The fourth-order valence-electron chi connectivity index (χ4n) is 2.98. The SMILES string of the molecule is NC1C(c2cc(Cc3ccc(Oc4ncccn4)cc3)no2)=CC=CN1COP(=O)(O)O. The lowest BCUT2D eigenvalue weighted by Crippen LogP contribution is -2.41. The summed E-state index contributed by atoms with van der Waals surface area (Å²) in [5, 5.41) is 4.10. The molecule has 166 valence electrons. The van der Waals surface area contributed by atoms with Crippen LogP contribution in [0.3, 0.4) is 0 Å². The number of aromatic nitrogens is 3. The first-order chi connectivity index (χ1) is 15.4. The zero-order valence-electron chi connectivity index (χ0n) is 16.7. The molecule has 11 nitrogen and oxygen atoms in total. The Morgan fingerprint density at radius 3 is 2.66 bits per heavy atom. The Hall–Kier alpha value is -3.34. The van der Waals surface area contributed by atoms with Crippen LogP contribution >= 0.6 is 7.82 Å². The summed E-state index contributed by atoms with van der Waals surface area (Å²) >= 11 is 0. The summed E-state index contributed by atoms with van der Waals surface area (Å²) in [6.45, 7) is -0.372. The van der Waals surface area contributed by atoms with Gasteiger partial charge in [-0.15, -0.1) is 0 Å². The maximum atomic E-state index is 10.9. The quantitative estimate of drug-likeness (QED) is 0.427. The molecule has 0 fully saturated rings. The van der Waals surface area contributed by atoms with Crippen molar-refractivity contribution in [3.8, 4) is 11.8 Å². The van der Waals surface area contributed by atoms with Gasteiger partial charge in [-0.05, 0) is 29.8 Å². The molecule has 32 heavy (non-hydrogen) atoms. The summed E-state index contributed by atoms with van der Waals surface area (Å²) in [5.41, 5.74) is 8.48. The second-order valence-electron chi connectivity index (χ2n) is 6.81. The van der Waals surface area contributed by atoms with Crippen LogP contribution < -0.4 is 10.5 Å². The third kappa shape index (κ3) is 5.67. The first kappa shape index (κ1) is 21.9. The van der Waals surface area contributed by atoms with Gasteiger partial charge in [0.2, 0.25) is 0 Å². The Bertz CT molecular complexity index is 1160. The molecule has 1 aromatic carbocycles. The Balaban J connectivity index is 1.39. The second kappa shape index (κ2) is 9.43. The van der Waals surface area contributed by atoms with Crippen LogP contribution in [0.25, 0.3) is 5.57 Å². The molecule has 2 aromatic heterocycles. The minimum atomic E-state index is -4.61. The summed E-state index contributed by atoms with van der Waals surface area (Å²) < 4.78 is 26.5. The summed E-state index contributed by atoms with van der Waals surface area (Å²) in [6.07, 6.45) is 8.02. The smallest absolute Gasteiger partial charge is 0.424 e. The summed E-state index contributed by atoms with van der Waals surface area (Å²) in [6, 6.07) is 11.2. The number of phosphoric ester groups is 1. The lowest BCUT2D eigenvalue weighted by atomic mass is 10.1. The van der Waals surface area contributed by atoms with Crippen molar-refractivity contribution >= 4 is 13.4 Å². The van der Waals surface area contributed by atoms with Crippen LogP contribution in [0.15, 0.2) is 71.7 Å². The Morgan fingerprint density at radius 2 is 1.94 bits per heavy atom. The van der Waals surface area contributed by atoms with Crippen molar-refractivity contribution in [3.05, 3.63) is 84.2 Å². The molecule has 3 heterocycles. The zero-order chi connectivity index (χ0) is 22.6. The van der Waals surface area contributed by atoms with Gasteiger partial charge in [-0.25, -0.2) is 14.5 Å². The largest absolute Gasteiger partial charge is 0.471 e. The average Bonchev–Trinajstić information content (AvgIpc) is 3.23. The fourth-order valence-corrected chi connectivity index (χ4v) is 3.26. The normalized spacial score (nSPS) is 16.2. The third-order valence-electron chi connectivity index (χ3n) is 4.51. The van der Waals surface area contributed by atoms with E-state index in [1.807, 2.05) is 24.3 Å². The van der Waals surface area contributed by atoms with Gasteiger partial charge in [0.15, 0.2) is 5.76 Å². The van der Waals surface area contributed by atoms with Crippen molar-refractivity contribution in [1.29, 1.82) is 0 Å². The van der Waals surface area contributed by atoms with Gasteiger partial charge < -0.3 is 29.7 Å². The van der Waals surface area contributed by atoms with E-state index >= 15 is 0 Å². The molecule has 0 saturated heterocycles. The highest BCUT2D eigenvalue weighted by molar-refractivity contribution is 7.46. The number of rotatable bonds is 8. The van der Waals surface area contributed by atoms with Gasteiger partial charge in [-0.3, -0.25) is 4.52 Å². The number of phosphoric acid groups is 1. The molecule has 12 heteroatoms. The van der Waals surface area contributed by atoms with E-state index in [-0.39, 0.29) is 12.7 Å². The highest BCUT2D eigenvalue weighted by Gasteiger charge is 2.25. The van der Waals surface area contributed by atoms with Gasteiger partial charge in [-0.2, -0.15) is 0 Å². The van der Waals surface area contributed by atoms with Gasteiger partial charge in [-0.1, -0.05) is 23.4 Å². The van der Waals surface area contributed by atoms with Crippen LogP contribution in [0, 0.1) is 0 Å². The van der Waals surface area contributed by atoms with Crippen LogP contribution in [0.1, 0.15) is 17.0 Å². The number of ether oxygens (including phenoxy) is 1. The molecular formula is C20H20N5O6P. The van der Waals surface area contributed by atoms with Crippen LogP contribution in [0.4, 0.5) is 0 Å². The first-order valence-electron chi connectivity index (χ1n) is 9.47. The van der Waals surface area contributed by atoms with E-state index in [0.717, 1.165) is 5.56 Å². The third-order valence-corrected chi connectivity index (χ3v) is 4.96. The van der Waals surface area contributed by atoms with Gasteiger partial charge in [0.05, 0.1) is 5.69 Å². The van der Waals surface area contributed by atoms with Crippen LogP contribution in [0.2, 0.25) is 0 Å². The lowest BCUT2D eigenvalue weighted by Gasteiger charge is -2.30. The molecule has 1 atom stereocenters. The number of hydrogen-bond donors (Lipinski definition) is 3. The number of nitrogens with two attached hydrogens (primary N) is 1. The molecule has 0 amide bonds. The predicted molar refractivity (Wildman–Crippen MR) is 113 cm³/mol. The highest BCUT2D eigenvalue weighted by atomic mass is 31.2. The molecule has 0 saturated carbocycles. The molecule has 0 aliphatic carbocycles. The molecule has 0 bridgehead atoms. The fraction of sp³-hybridized carbons (Fsp3) is 0.150. The molecule has 1 unspecified atom stereocenters. The molecule has 1 aliphatic heterocycles. The Morgan fingerprint density at radius 1 is 1.19 bits per heavy atom. The van der Waals surface area contributed by atoms with E-state index in [0.29, 0.717) is 29.2 Å². The van der Waals surface area contributed by atoms with E-state index < -0.39 is 14.0 Å². The first-order valence-corrected chi connectivity index (χ1v) is 11.0. The molecule has 0 radical (unpaired) electrons. The maximum Gasteiger partial charge on any atom is 0.471 e. The van der Waals surface area contributed by atoms with Crippen molar-refractivity contribution < 1.29 is 28.1 Å². The highest BCUT2D eigenvalue weighted by Crippen LogP contribution is 2.36. The van der Waals surface area contributed by atoms with Crippen molar-refractivity contribution in [2.45, 2.75) is 12.6 Å². The summed E-state index contributed by atoms with van der Waals surface area (Å²) in [5.74, 6) is 1.07. The molecular weight excluding hydrogens is 437 g/mol. The van der Waals surface area contributed by atoms with Gasteiger partial charge in [0.1, 0.15) is 18.6 Å². The van der Waals surface area contributed by atoms with Crippen molar-refractivity contribution in [1.82, 2.24) is 20.0 Å². The van der Waals surface area contributed by atoms with Crippen molar-refractivity contribution in [2.24, 2.45) is 5.73 Å². The van der Waals surface area contributed by atoms with Gasteiger partial charge in [0.25, 0.3) is 0 Å². The van der Waals surface area contributed by atoms with Crippen LogP contribution in [-0.4, -0.2) is 42.7 Å². The molecule has 4 N–H and O–H groups in total. The van der Waals surface area contributed by atoms with E-state index in [4.69, 9.17) is 24.8 Å². The predicted octanol–water partition coefficient (Wildman–Crippen LogP) is 2.41. The standard InChI is InChI=1S/C20H20N5O6P/c21-19-17(3-1-10-25(19)13-29-32(26,27)28)18-12-15(24-31-18)11-14-4-6-16(7-5-14)30-20-22-8-2-9-23-20/h1-10,12,19H,11,13,21H2,(H2,26,27,28).